The number of nitrogens with one attached hydrogen (secondary N) is 1. The van der Waals surface area contributed by atoms with Crippen LogP contribution in [-0.4, -0.2) is 42.7 Å². The molecule has 0 spiro atoms. The summed E-state index contributed by atoms with van der Waals surface area (Å²) in [6.07, 6.45) is 0. The third kappa shape index (κ3) is 5.53. The van der Waals surface area contributed by atoms with Crippen molar-refractivity contribution in [1.29, 1.82) is 0 Å². The topological polar surface area (TPSA) is 75.7 Å². The van der Waals surface area contributed by atoms with Gasteiger partial charge in [-0.25, -0.2) is 0 Å². The van der Waals surface area contributed by atoms with E-state index in [0.29, 0.717) is 28.6 Å². The minimum absolute atomic E-state index is 0.157. The second kappa shape index (κ2) is 10.6. The van der Waals surface area contributed by atoms with Gasteiger partial charge in [0.1, 0.15) is 12.3 Å². The molecule has 0 aliphatic heterocycles. The molecule has 0 fully saturated rings. The lowest BCUT2D eigenvalue weighted by Gasteiger charge is -2.21. The summed E-state index contributed by atoms with van der Waals surface area (Å²) >= 11 is 5.91. The third-order valence-electron chi connectivity index (χ3n) is 4.87. The first-order valence-corrected chi connectivity index (χ1v) is 10.4. The van der Waals surface area contributed by atoms with E-state index < -0.39 is 5.91 Å². The highest BCUT2D eigenvalue weighted by Crippen LogP contribution is 2.19. The van der Waals surface area contributed by atoms with Gasteiger partial charge in [0.15, 0.2) is 5.78 Å². The summed E-state index contributed by atoms with van der Waals surface area (Å²) in [4.78, 5) is 40.2. The fourth-order valence-corrected chi connectivity index (χ4v) is 3.32. The molecule has 0 aliphatic carbocycles. The minimum Gasteiger partial charge on any atom is -0.497 e. The highest BCUT2D eigenvalue weighted by Gasteiger charge is 2.23. The van der Waals surface area contributed by atoms with Crippen LogP contribution in [0.15, 0.2) is 72.8 Å². The van der Waals surface area contributed by atoms with Gasteiger partial charge in [-0.3, -0.25) is 14.4 Å². The third-order valence-corrected chi connectivity index (χ3v) is 5.12. The molecule has 3 aromatic rings. The highest BCUT2D eigenvalue weighted by molar-refractivity contribution is 6.30. The number of rotatable bonds is 8. The normalized spacial score (nSPS) is 10.3. The van der Waals surface area contributed by atoms with Crippen LogP contribution in [0.4, 0.5) is 5.69 Å². The lowest BCUT2D eigenvalue weighted by atomic mass is 9.97. The Balaban J connectivity index is 1.78. The van der Waals surface area contributed by atoms with Crippen LogP contribution in [0.1, 0.15) is 33.2 Å². The minimum atomic E-state index is -0.397. The summed E-state index contributed by atoms with van der Waals surface area (Å²) in [7, 11) is 1.54. The van der Waals surface area contributed by atoms with E-state index in [1.165, 1.54) is 4.90 Å². The van der Waals surface area contributed by atoms with Gasteiger partial charge in [0, 0.05) is 34.4 Å². The number of benzene rings is 3. The van der Waals surface area contributed by atoms with E-state index in [-0.39, 0.29) is 29.4 Å². The molecule has 164 valence electrons. The van der Waals surface area contributed by atoms with E-state index in [1.807, 2.05) is 0 Å². The Morgan fingerprint density at radius 2 is 1.62 bits per heavy atom. The molecule has 0 atom stereocenters. The number of likely N-dealkylation sites (N-methyl/N-ethyl adjacent to an activating group) is 1. The summed E-state index contributed by atoms with van der Waals surface area (Å²) in [5, 5.41) is 3.28. The number of anilines is 1. The van der Waals surface area contributed by atoms with Crippen molar-refractivity contribution in [2.75, 3.05) is 25.5 Å². The zero-order chi connectivity index (χ0) is 23.1. The van der Waals surface area contributed by atoms with Gasteiger partial charge in [-0.2, -0.15) is 0 Å². The van der Waals surface area contributed by atoms with Gasteiger partial charge in [0.2, 0.25) is 5.91 Å². The number of ketones is 1. The van der Waals surface area contributed by atoms with E-state index >= 15 is 0 Å². The van der Waals surface area contributed by atoms with Gasteiger partial charge in [0.05, 0.1) is 12.7 Å². The van der Waals surface area contributed by atoms with Crippen molar-refractivity contribution in [2.24, 2.45) is 0 Å². The van der Waals surface area contributed by atoms with E-state index in [9.17, 15) is 14.4 Å². The first kappa shape index (κ1) is 23.0. The van der Waals surface area contributed by atoms with E-state index in [0.717, 1.165) is 0 Å². The number of carbonyl (C=O) groups is 3. The van der Waals surface area contributed by atoms with Crippen LogP contribution < -0.4 is 10.1 Å². The Kier molecular flexibility index (Phi) is 7.63. The van der Waals surface area contributed by atoms with Crippen molar-refractivity contribution in [3.05, 3.63) is 94.5 Å². The van der Waals surface area contributed by atoms with Crippen molar-refractivity contribution in [3.63, 3.8) is 0 Å². The van der Waals surface area contributed by atoms with Gasteiger partial charge in [-0.15, -0.1) is 0 Å². The SMILES string of the molecule is CCN(CC(=O)Nc1cccc(OC)c1)C(=O)c1ccccc1C(=O)c1ccc(Cl)cc1. The molecule has 0 aliphatic rings. The van der Waals surface area contributed by atoms with Crippen molar-refractivity contribution in [2.45, 2.75) is 6.92 Å². The Morgan fingerprint density at radius 3 is 2.28 bits per heavy atom. The van der Waals surface area contributed by atoms with Gasteiger partial charge in [0.25, 0.3) is 5.91 Å². The first-order valence-electron chi connectivity index (χ1n) is 10.1. The summed E-state index contributed by atoms with van der Waals surface area (Å²) < 4.78 is 5.16. The Bertz CT molecular complexity index is 1130. The number of amides is 2. The van der Waals surface area contributed by atoms with Crippen LogP contribution in [0.2, 0.25) is 5.02 Å². The van der Waals surface area contributed by atoms with Gasteiger partial charge in [-0.05, 0) is 49.4 Å². The molecule has 2 amide bonds. The van der Waals surface area contributed by atoms with Gasteiger partial charge in [-0.1, -0.05) is 35.9 Å². The average Bonchev–Trinajstić information content (AvgIpc) is 2.82. The average molecular weight is 451 g/mol. The second-order valence-corrected chi connectivity index (χ2v) is 7.42. The molecular formula is C25H23ClN2O4. The van der Waals surface area contributed by atoms with Crippen LogP contribution in [0.5, 0.6) is 5.75 Å². The molecule has 0 radical (unpaired) electrons. The number of ether oxygens (including phenoxy) is 1. The summed E-state index contributed by atoms with van der Waals surface area (Å²) in [5.41, 5.74) is 1.50. The molecule has 7 heteroatoms. The molecule has 3 aromatic carbocycles. The number of methoxy groups -OCH3 is 1. The molecule has 0 unspecified atom stereocenters. The standard InChI is InChI=1S/C25H23ClN2O4/c1-3-28(16-23(29)27-19-7-6-8-20(15-19)32-2)25(31)22-10-5-4-9-21(22)24(30)17-11-13-18(26)14-12-17/h4-15H,3,16H2,1-2H3,(H,27,29). The Morgan fingerprint density at radius 1 is 0.938 bits per heavy atom. The summed E-state index contributed by atoms with van der Waals surface area (Å²) in [6, 6.07) is 20.0. The van der Waals surface area contributed by atoms with Crippen LogP contribution >= 0.6 is 11.6 Å². The largest absolute Gasteiger partial charge is 0.497 e. The molecule has 1 N–H and O–H groups in total. The predicted octanol–water partition coefficient (Wildman–Crippen LogP) is 4.68. The maximum atomic E-state index is 13.2. The quantitative estimate of drug-likeness (QED) is 0.505. The van der Waals surface area contributed by atoms with Crippen molar-refractivity contribution < 1.29 is 19.1 Å². The van der Waals surface area contributed by atoms with Crippen LogP contribution in [0.3, 0.4) is 0 Å². The molecular weight excluding hydrogens is 428 g/mol. The first-order chi connectivity index (χ1) is 15.4. The lowest BCUT2D eigenvalue weighted by molar-refractivity contribution is -0.116. The summed E-state index contributed by atoms with van der Waals surface area (Å²) in [6.45, 7) is 1.92. The van der Waals surface area contributed by atoms with E-state index in [4.69, 9.17) is 16.3 Å². The van der Waals surface area contributed by atoms with Crippen molar-refractivity contribution in [3.8, 4) is 5.75 Å². The molecule has 0 saturated carbocycles. The van der Waals surface area contributed by atoms with Gasteiger partial charge < -0.3 is 15.0 Å². The maximum Gasteiger partial charge on any atom is 0.255 e. The monoisotopic (exact) mass is 450 g/mol. The smallest absolute Gasteiger partial charge is 0.255 e. The Labute approximate surface area is 191 Å². The molecule has 0 saturated heterocycles. The number of hydrogen-bond acceptors (Lipinski definition) is 4. The number of halogens is 1. The van der Waals surface area contributed by atoms with Crippen LogP contribution in [0.25, 0.3) is 0 Å². The lowest BCUT2D eigenvalue weighted by Crippen LogP contribution is -2.38. The van der Waals surface area contributed by atoms with E-state index in [2.05, 4.69) is 5.32 Å². The molecule has 0 aromatic heterocycles. The van der Waals surface area contributed by atoms with Crippen molar-refractivity contribution in [1.82, 2.24) is 4.90 Å². The molecule has 6 nitrogen and oxygen atoms in total. The van der Waals surface area contributed by atoms with E-state index in [1.54, 1.807) is 86.8 Å². The molecule has 0 heterocycles. The Hall–Kier alpha value is -3.64. The highest BCUT2D eigenvalue weighted by atomic mass is 35.5. The van der Waals surface area contributed by atoms with Crippen LogP contribution in [-0.2, 0) is 4.79 Å². The molecule has 32 heavy (non-hydrogen) atoms. The zero-order valence-corrected chi connectivity index (χ0v) is 18.6. The number of nitrogens with zero attached hydrogens (tertiary/aromatic N) is 1. The fraction of sp³-hybridized carbons (Fsp3) is 0.160. The second-order valence-electron chi connectivity index (χ2n) is 6.98. The van der Waals surface area contributed by atoms with Crippen LogP contribution in [0, 0.1) is 0 Å². The number of hydrogen-bond donors (Lipinski definition) is 1. The zero-order valence-electron chi connectivity index (χ0n) is 17.8. The predicted molar refractivity (Wildman–Crippen MR) is 125 cm³/mol. The molecule has 3 rings (SSSR count). The van der Waals surface area contributed by atoms with Crippen molar-refractivity contribution >= 4 is 34.9 Å². The number of carbonyl (C=O) groups excluding carboxylic acids is 3. The summed E-state index contributed by atoms with van der Waals surface area (Å²) in [5.74, 6) is -0.426. The fourth-order valence-electron chi connectivity index (χ4n) is 3.20. The van der Waals surface area contributed by atoms with Gasteiger partial charge >= 0.3 is 0 Å². The molecule has 0 bridgehead atoms. The maximum absolute atomic E-state index is 13.2.